The van der Waals surface area contributed by atoms with E-state index in [0.717, 1.165) is 10.6 Å². The zero-order valence-corrected chi connectivity index (χ0v) is 18.9. The normalized spacial score (nSPS) is 11.8. The Labute approximate surface area is 178 Å². The third kappa shape index (κ3) is 4.07. The average molecular weight is 431 g/mol. The van der Waals surface area contributed by atoms with E-state index in [0.29, 0.717) is 0 Å². The molecular weight excluding hydrogens is 408 g/mol. The number of hydrogen-bond donors (Lipinski definition) is 0. The molecule has 0 heterocycles. The molecule has 0 saturated heterocycles. The highest BCUT2D eigenvalue weighted by atomic mass is 32.4. The molecule has 0 bridgehead atoms. The van der Waals surface area contributed by atoms with Crippen molar-refractivity contribution in [3.05, 3.63) is 121 Å². The van der Waals surface area contributed by atoms with Crippen molar-refractivity contribution in [3.63, 3.8) is 0 Å². The lowest BCUT2D eigenvalue weighted by Gasteiger charge is -2.28. The Balaban J connectivity index is 2.06. The van der Waals surface area contributed by atoms with Gasteiger partial charge in [-0.25, -0.2) is 0 Å². The maximum absolute atomic E-state index is 6.46. The maximum Gasteiger partial charge on any atom is 0.111 e. The van der Waals surface area contributed by atoms with E-state index in [1.54, 1.807) is 0 Å². The summed E-state index contributed by atoms with van der Waals surface area (Å²) >= 11 is 6.46. The first-order valence-corrected chi connectivity index (χ1v) is 14.5. The van der Waals surface area contributed by atoms with E-state index in [1.807, 2.05) is 12.1 Å². The van der Waals surface area contributed by atoms with Crippen molar-refractivity contribution in [1.29, 1.82) is 0 Å². The molecule has 144 valence electrons. The van der Waals surface area contributed by atoms with E-state index in [-0.39, 0.29) is 0 Å². The van der Waals surface area contributed by atoms with Crippen LogP contribution in [0.25, 0.3) is 0 Å². The lowest BCUT2D eigenvalue weighted by atomic mass is 10.4. The van der Waals surface area contributed by atoms with Crippen LogP contribution in [0.3, 0.4) is 0 Å². The molecule has 0 aliphatic carbocycles. The number of rotatable bonds is 5. The van der Waals surface area contributed by atoms with Crippen LogP contribution in [0, 0.1) is 0 Å². The zero-order chi connectivity index (χ0) is 20.2. The van der Waals surface area contributed by atoms with E-state index < -0.39 is 13.2 Å². The average Bonchev–Trinajstić information content (AvgIpc) is 2.81. The first-order valence-electron chi connectivity index (χ1n) is 9.57. The van der Waals surface area contributed by atoms with Crippen LogP contribution in [0.1, 0.15) is 0 Å². The molecule has 4 aromatic rings. The number of hydrogen-bond acceptors (Lipinski definition) is 1. The third-order valence-electron chi connectivity index (χ3n) is 5.04. The Kier molecular flexibility index (Phi) is 5.97. The van der Waals surface area contributed by atoms with Gasteiger partial charge < -0.3 is 0 Å². The first kappa shape index (κ1) is 20.0. The highest BCUT2D eigenvalue weighted by Gasteiger charge is 2.27. The van der Waals surface area contributed by atoms with Crippen LogP contribution in [0.15, 0.2) is 126 Å². The summed E-state index contributed by atoms with van der Waals surface area (Å²) in [7, 11) is -2.06. The van der Waals surface area contributed by atoms with Crippen LogP contribution in [-0.4, -0.2) is 6.66 Å². The highest BCUT2D eigenvalue weighted by molar-refractivity contribution is 8.22. The molecule has 4 rings (SSSR count). The molecule has 1 nitrogen and oxygen atoms in total. The highest BCUT2D eigenvalue weighted by Crippen LogP contribution is 2.58. The Morgan fingerprint density at radius 3 is 1.07 bits per heavy atom. The third-order valence-corrected chi connectivity index (χ3v) is 14.0. The molecule has 4 heteroatoms. The minimum atomic E-state index is -2.37. The van der Waals surface area contributed by atoms with E-state index in [2.05, 4.69) is 116 Å². The van der Waals surface area contributed by atoms with Crippen molar-refractivity contribution in [2.24, 2.45) is 4.52 Å². The summed E-state index contributed by atoms with van der Waals surface area (Å²) in [5.74, 6) is 0. The van der Waals surface area contributed by atoms with Gasteiger partial charge in [-0.3, -0.25) is 4.52 Å². The molecule has 29 heavy (non-hydrogen) atoms. The van der Waals surface area contributed by atoms with Gasteiger partial charge in [0.25, 0.3) is 0 Å². The first-order chi connectivity index (χ1) is 14.1. The van der Waals surface area contributed by atoms with Gasteiger partial charge in [0, 0.05) is 17.7 Å². The molecule has 0 aromatic heterocycles. The molecule has 0 aliphatic rings. The molecule has 0 amide bonds. The van der Waals surface area contributed by atoms with Gasteiger partial charge in [0.1, 0.15) is 6.19 Å². The molecule has 0 spiro atoms. The van der Waals surface area contributed by atoms with Crippen LogP contribution in [0.2, 0.25) is 0 Å². The van der Waals surface area contributed by atoms with Gasteiger partial charge in [-0.15, -0.1) is 0 Å². The second-order valence-corrected chi connectivity index (χ2v) is 14.4. The van der Waals surface area contributed by atoms with Gasteiger partial charge in [0.2, 0.25) is 0 Å². The molecule has 0 unspecified atom stereocenters. The van der Waals surface area contributed by atoms with Crippen LogP contribution in [0.4, 0.5) is 0 Å². The summed E-state index contributed by atoms with van der Waals surface area (Å²) in [6, 6.07) is 42.2. The van der Waals surface area contributed by atoms with Gasteiger partial charge in [-0.05, 0) is 17.3 Å². The number of nitrogens with zero attached hydrogens (tertiary/aromatic N) is 1. The molecule has 0 atom stereocenters. The fourth-order valence-corrected chi connectivity index (χ4v) is 12.4. The van der Waals surface area contributed by atoms with Crippen molar-refractivity contribution in [2.45, 2.75) is 0 Å². The predicted octanol–water partition coefficient (Wildman–Crippen LogP) is 5.51. The van der Waals surface area contributed by atoms with Crippen molar-refractivity contribution in [2.75, 3.05) is 6.66 Å². The summed E-state index contributed by atoms with van der Waals surface area (Å²) < 4.78 is 5.66. The quantitative estimate of drug-likeness (QED) is 0.380. The second kappa shape index (κ2) is 8.64. The van der Waals surface area contributed by atoms with Crippen molar-refractivity contribution in [1.82, 2.24) is 0 Å². The monoisotopic (exact) mass is 431 g/mol. The lowest BCUT2D eigenvalue weighted by molar-refractivity contribution is 1.71. The fraction of sp³-hybridized carbons (Fsp3) is 0.0400. The van der Waals surface area contributed by atoms with Gasteiger partial charge >= 0.3 is 0 Å². The predicted molar refractivity (Wildman–Crippen MR) is 134 cm³/mol. The van der Waals surface area contributed by atoms with E-state index in [1.165, 1.54) is 10.6 Å². The number of benzene rings is 4. The lowest BCUT2D eigenvalue weighted by Crippen LogP contribution is -2.19. The van der Waals surface area contributed by atoms with E-state index in [4.69, 9.17) is 16.3 Å². The fourth-order valence-electron chi connectivity index (χ4n) is 3.45. The molecular formula is C25H23NP2S. The van der Waals surface area contributed by atoms with Crippen LogP contribution in [-0.2, 0) is 11.8 Å². The zero-order valence-electron chi connectivity index (χ0n) is 16.3. The van der Waals surface area contributed by atoms with Crippen molar-refractivity contribution in [3.8, 4) is 0 Å². The second-order valence-electron chi connectivity index (χ2n) is 6.97. The summed E-state index contributed by atoms with van der Waals surface area (Å²) in [5, 5.41) is 4.79. The largest absolute Gasteiger partial charge is 0.253 e. The summed E-state index contributed by atoms with van der Waals surface area (Å²) in [4.78, 5) is 0. The Morgan fingerprint density at radius 1 is 0.483 bits per heavy atom. The molecule has 0 fully saturated rings. The van der Waals surface area contributed by atoms with E-state index >= 15 is 0 Å². The van der Waals surface area contributed by atoms with E-state index in [9.17, 15) is 0 Å². The van der Waals surface area contributed by atoms with Gasteiger partial charge in [-0.2, -0.15) is 0 Å². The van der Waals surface area contributed by atoms with Gasteiger partial charge in [0.15, 0.2) is 0 Å². The molecule has 0 saturated carbocycles. The van der Waals surface area contributed by atoms with Crippen LogP contribution < -0.4 is 21.2 Å². The minimum absolute atomic E-state index is 1.14. The Bertz CT molecular complexity index is 1090. The minimum Gasteiger partial charge on any atom is -0.253 e. The summed E-state index contributed by atoms with van der Waals surface area (Å²) in [6.45, 7) is 2.30. The maximum atomic E-state index is 6.46. The topological polar surface area (TPSA) is 12.4 Å². The Morgan fingerprint density at radius 2 is 0.759 bits per heavy atom. The molecule has 0 N–H and O–H groups in total. The van der Waals surface area contributed by atoms with Crippen LogP contribution in [0.5, 0.6) is 0 Å². The molecule has 0 aliphatic heterocycles. The van der Waals surface area contributed by atoms with Crippen molar-refractivity contribution < 1.29 is 0 Å². The standard InChI is InChI=1S/C25H23NP2S/c1-27(22-14-6-2-7-15-22,23-16-8-3-9-17-23)26-28(29,24-18-10-4-11-19-24)25-20-12-5-13-21-25/h2-21H,1H3. The van der Waals surface area contributed by atoms with Crippen LogP contribution >= 0.6 is 13.2 Å². The Hall–Kier alpha value is -2.24. The molecule has 0 radical (unpaired) electrons. The molecule has 4 aromatic carbocycles. The SMILES string of the molecule is CP(=NP(=S)(c1ccccc1)c1ccccc1)(c1ccccc1)c1ccccc1. The summed E-state index contributed by atoms with van der Waals surface area (Å²) in [5.41, 5.74) is 0. The van der Waals surface area contributed by atoms with Gasteiger partial charge in [-0.1, -0.05) is 133 Å². The van der Waals surface area contributed by atoms with Gasteiger partial charge in [0.05, 0.1) is 0 Å². The smallest absolute Gasteiger partial charge is 0.111 e. The summed E-state index contributed by atoms with van der Waals surface area (Å²) in [6.07, 6.45) is -2.37. The van der Waals surface area contributed by atoms with Crippen molar-refractivity contribution >= 4 is 46.3 Å².